The minimum atomic E-state index is -0.627. The molecule has 0 spiro atoms. The van der Waals surface area contributed by atoms with Gasteiger partial charge in [0.25, 0.3) is 5.91 Å². The Hall–Kier alpha value is -2.80. The van der Waals surface area contributed by atoms with E-state index in [0.717, 1.165) is 5.56 Å². The minimum absolute atomic E-state index is 0.0447. The summed E-state index contributed by atoms with van der Waals surface area (Å²) in [4.78, 5) is 12.7. The van der Waals surface area contributed by atoms with Crippen LogP contribution in [0, 0.1) is 0 Å². The number of phenols is 2. The van der Waals surface area contributed by atoms with Gasteiger partial charge in [-0.15, -0.1) is 0 Å². The van der Waals surface area contributed by atoms with Gasteiger partial charge < -0.3 is 20.3 Å². The van der Waals surface area contributed by atoms with Gasteiger partial charge in [-0.25, -0.2) is 4.36 Å². The van der Waals surface area contributed by atoms with Crippen LogP contribution in [0.5, 0.6) is 17.2 Å². The number of aromatic hydroxyl groups is 2. The second-order valence-corrected chi connectivity index (χ2v) is 6.70. The number of carbonyl (C=O) groups excluding carboxylic acids is 1. The Balaban J connectivity index is 1.97. The zero-order chi connectivity index (χ0) is 17.1. The molecule has 1 aliphatic rings. The van der Waals surface area contributed by atoms with E-state index in [9.17, 15) is 15.0 Å². The molecule has 1 amide bonds. The molecular formula is C17H16N2O4S. The number of hydrogen-bond acceptors (Lipinski definition) is 5. The zero-order valence-electron chi connectivity index (χ0n) is 12.9. The van der Waals surface area contributed by atoms with Crippen LogP contribution in [0.3, 0.4) is 0 Å². The lowest BCUT2D eigenvalue weighted by molar-refractivity contribution is -0.116. The molecule has 1 saturated heterocycles. The number of methoxy groups -OCH3 is 1. The number of carbonyl (C=O) groups is 1. The van der Waals surface area contributed by atoms with Gasteiger partial charge in [0, 0.05) is 0 Å². The molecule has 1 atom stereocenters. The topological polar surface area (TPSA) is 91.2 Å². The van der Waals surface area contributed by atoms with Crippen molar-refractivity contribution in [2.75, 3.05) is 13.0 Å². The van der Waals surface area contributed by atoms with Crippen LogP contribution in [0.15, 0.2) is 51.7 Å². The maximum absolute atomic E-state index is 12.1. The Labute approximate surface area is 141 Å². The summed E-state index contributed by atoms with van der Waals surface area (Å²) >= 11 is 0. The van der Waals surface area contributed by atoms with Crippen molar-refractivity contribution in [2.24, 2.45) is 4.36 Å². The van der Waals surface area contributed by atoms with Crippen LogP contribution < -0.4 is 10.1 Å². The van der Waals surface area contributed by atoms with Gasteiger partial charge in [0.15, 0.2) is 11.5 Å². The summed E-state index contributed by atoms with van der Waals surface area (Å²) in [6, 6.07) is 11.4. The van der Waals surface area contributed by atoms with Gasteiger partial charge in [-0.2, -0.15) is 0 Å². The van der Waals surface area contributed by atoms with E-state index < -0.39 is 10.7 Å². The fraction of sp³-hybridized carbons (Fsp3) is 0.118. The Morgan fingerprint density at radius 2 is 1.96 bits per heavy atom. The summed E-state index contributed by atoms with van der Waals surface area (Å²) in [5.41, 5.74) is 1.44. The molecule has 2 aromatic rings. The van der Waals surface area contributed by atoms with Crippen molar-refractivity contribution in [3.63, 3.8) is 0 Å². The summed E-state index contributed by atoms with van der Waals surface area (Å²) in [6.45, 7) is 0. The highest BCUT2D eigenvalue weighted by Crippen LogP contribution is 2.29. The first-order valence-corrected chi connectivity index (χ1v) is 8.50. The van der Waals surface area contributed by atoms with E-state index in [-0.39, 0.29) is 17.4 Å². The second-order valence-electron chi connectivity index (χ2n) is 5.06. The fourth-order valence-corrected chi connectivity index (χ4v) is 3.72. The first kappa shape index (κ1) is 16.1. The molecule has 1 aliphatic heterocycles. The predicted molar refractivity (Wildman–Crippen MR) is 93.2 cm³/mol. The number of hydrogen-bond donors (Lipinski definition) is 3. The highest BCUT2D eigenvalue weighted by Gasteiger charge is 2.22. The molecule has 2 aromatic carbocycles. The maximum Gasteiger partial charge on any atom is 0.259 e. The fourth-order valence-electron chi connectivity index (χ4n) is 2.20. The highest BCUT2D eigenvalue weighted by molar-refractivity contribution is 7.93. The number of phenolic OH excluding ortho intramolecular Hbond substituents is 2. The summed E-state index contributed by atoms with van der Waals surface area (Å²) in [6.07, 6.45) is 1.75. The minimum Gasteiger partial charge on any atom is -0.508 e. The van der Waals surface area contributed by atoms with Crippen LogP contribution in [0.4, 0.5) is 5.69 Å². The molecule has 124 valence electrons. The van der Waals surface area contributed by atoms with Crippen molar-refractivity contribution in [3.8, 4) is 17.2 Å². The Bertz CT molecular complexity index is 844. The lowest BCUT2D eigenvalue weighted by Crippen LogP contribution is -2.14. The van der Waals surface area contributed by atoms with Crippen LogP contribution in [0.1, 0.15) is 5.56 Å². The van der Waals surface area contributed by atoms with Crippen LogP contribution in [0.2, 0.25) is 0 Å². The molecular weight excluding hydrogens is 328 g/mol. The van der Waals surface area contributed by atoms with Gasteiger partial charge >= 0.3 is 0 Å². The number of nitrogens with zero attached hydrogens (tertiary/aromatic N) is 1. The van der Waals surface area contributed by atoms with E-state index in [1.807, 2.05) is 0 Å². The largest absolute Gasteiger partial charge is 0.508 e. The third kappa shape index (κ3) is 3.41. The third-order valence-electron chi connectivity index (χ3n) is 3.41. The van der Waals surface area contributed by atoms with E-state index in [0.29, 0.717) is 22.2 Å². The summed E-state index contributed by atoms with van der Waals surface area (Å²) < 4.78 is 9.66. The SMILES string of the molecule is COc1cc(/C=C2\C(=O)NCS2=Nc2ccc(O)cc2)ccc1O. The Morgan fingerprint density at radius 3 is 2.67 bits per heavy atom. The summed E-state index contributed by atoms with van der Waals surface area (Å²) in [5, 5.41) is 21.8. The molecule has 6 nitrogen and oxygen atoms in total. The van der Waals surface area contributed by atoms with E-state index in [1.54, 1.807) is 42.5 Å². The lowest BCUT2D eigenvalue weighted by atomic mass is 10.2. The average molecular weight is 344 g/mol. The third-order valence-corrected chi connectivity index (χ3v) is 5.07. The first-order chi connectivity index (χ1) is 11.6. The number of nitrogens with one attached hydrogen (secondary N) is 1. The van der Waals surface area contributed by atoms with Gasteiger partial charge in [-0.1, -0.05) is 6.07 Å². The lowest BCUT2D eigenvalue weighted by Gasteiger charge is -2.05. The molecule has 0 aliphatic carbocycles. The van der Waals surface area contributed by atoms with Crippen molar-refractivity contribution in [1.29, 1.82) is 0 Å². The van der Waals surface area contributed by atoms with Gasteiger partial charge in [-0.3, -0.25) is 4.79 Å². The maximum atomic E-state index is 12.1. The van der Waals surface area contributed by atoms with Crippen molar-refractivity contribution < 1.29 is 19.7 Å². The first-order valence-electron chi connectivity index (χ1n) is 7.15. The molecule has 1 fully saturated rings. The number of rotatable bonds is 3. The molecule has 0 saturated carbocycles. The van der Waals surface area contributed by atoms with Crippen molar-refractivity contribution in [2.45, 2.75) is 0 Å². The molecule has 3 N–H and O–H groups in total. The molecule has 1 unspecified atom stereocenters. The number of benzene rings is 2. The van der Waals surface area contributed by atoms with Crippen LogP contribution >= 0.6 is 0 Å². The Morgan fingerprint density at radius 1 is 1.21 bits per heavy atom. The Kier molecular flexibility index (Phi) is 4.52. The summed E-state index contributed by atoms with van der Waals surface area (Å²) in [5.74, 6) is 0.847. The summed E-state index contributed by atoms with van der Waals surface area (Å²) in [7, 11) is 0.845. The number of amides is 1. The van der Waals surface area contributed by atoms with Crippen molar-refractivity contribution >= 4 is 28.4 Å². The average Bonchev–Trinajstić information content (AvgIpc) is 2.92. The molecule has 0 bridgehead atoms. The quantitative estimate of drug-likeness (QED) is 0.747. The molecule has 1 heterocycles. The van der Waals surface area contributed by atoms with Gasteiger partial charge in [0.1, 0.15) is 5.75 Å². The van der Waals surface area contributed by atoms with E-state index in [4.69, 9.17) is 4.74 Å². The zero-order valence-corrected chi connectivity index (χ0v) is 13.7. The number of ether oxygens (including phenoxy) is 1. The van der Waals surface area contributed by atoms with Gasteiger partial charge in [-0.05, 0) is 58.7 Å². The predicted octanol–water partition coefficient (Wildman–Crippen LogP) is 2.67. The second kappa shape index (κ2) is 6.76. The molecule has 24 heavy (non-hydrogen) atoms. The molecule has 0 aromatic heterocycles. The smallest absolute Gasteiger partial charge is 0.259 e. The van der Waals surface area contributed by atoms with Crippen molar-refractivity contribution in [3.05, 3.63) is 52.9 Å². The van der Waals surface area contributed by atoms with Gasteiger partial charge in [0.2, 0.25) is 0 Å². The van der Waals surface area contributed by atoms with E-state index in [2.05, 4.69) is 9.68 Å². The monoisotopic (exact) mass is 344 g/mol. The van der Waals surface area contributed by atoms with Crippen LogP contribution in [-0.2, 0) is 15.5 Å². The van der Waals surface area contributed by atoms with E-state index >= 15 is 0 Å². The van der Waals surface area contributed by atoms with E-state index in [1.165, 1.54) is 13.2 Å². The van der Waals surface area contributed by atoms with Gasteiger partial charge in [0.05, 0.1) is 23.6 Å². The standard InChI is InChI=1S/C17H16N2O4S/c1-23-15-8-11(2-7-14(15)21)9-16-17(22)18-10-24(16)19-12-3-5-13(20)6-4-12/h2-9,20-21H,10H2,1H3,(H,18,22)/b16-9+. The van der Waals surface area contributed by atoms with Crippen molar-refractivity contribution in [1.82, 2.24) is 5.32 Å². The molecule has 3 rings (SSSR count). The molecule has 7 heteroatoms. The van der Waals surface area contributed by atoms with Crippen LogP contribution in [0.25, 0.3) is 6.08 Å². The van der Waals surface area contributed by atoms with Crippen LogP contribution in [-0.4, -0.2) is 29.1 Å². The normalized spacial score (nSPS) is 18.8. The highest BCUT2D eigenvalue weighted by atomic mass is 32.2. The molecule has 0 radical (unpaired) electrons.